The Balaban J connectivity index is 1.92. The molecule has 1 aromatic rings. The molecule has 2 rings (SSSR count). The lowest BCUT2D eigenvalue weighted by Crippen LogP contribution is -2.41. The van der Waals surface area contributed by atoms with E-state index in [1.807, 2.05) is 0 Å². The molecule has 104 valence electrons. The second-order valence-corrected chi connectivity index (χ2v) is 4.92. The Morgan fingerprint density at radius 1 is 1.47 bits per heavy atom. The summed E-state index contributed by atoms with van der Waals surface area (Å²) in [4.78, 5) is 21.2. The fourth-order valence-electron chi connectivity index (χ4n) is 2.36. The maximum atomic E-state index is 11.0. The predicted molar refractivity (Wildman–Crippen MR) is 72.4 cm³/mol. The minimum absolute atomic E-state index is 0.119. The minimum Gasteiger partial charge on any atom is -0.477 e. The van der Waals surface area contributed by atoms with Crippen LogP contribution in [0.1, 0.15) is 36.5 Å². The van der Waals surface area contributed by atoms with Gasteiger partial charge in [0, 0.05) is 18.8 Å². The van der Waals surface area contributed by atoms with Crippen LogP contribution in [0.3, 0.4) is 0 Å². The van der Waals surface area contributed by atoms with Crippen molar-refractivity contribution < 1.29 is 9.90 Å². The molecule has 0 saturated carbocycles. The third-order valence-corrected chi connectivity index (χ3v) is 3.52. The molecule has 2 heterocycles. The summed E-state index contributed by atoms with van der Waals surface area (Å²) in [5.41, 5.74) is 0.119. The number of aromatic nitrogens is 2. The van der Waals surface area contributed by atoms with Crippen molar-refractivity contribution in [2.45, 2.75) is 32.2 Å². The van der Waals surface area contributed by atoms with Gasteiger partial charge in [-0.15, -0.1) is 0 Å². The summed E-state index contributed by atoms with van der Waals surface area (Å²) >= 11 is 0. The van der Waals surface area contributed by atoms with Crippen LogP contribution in [-0.2, 0) is 0 Å². The standard InChI is InChI=1S/C13H20N4O2/c1-10(17-5-3-2-4-6-17)7-15-12-11(13(18)19)8-14-9-16-12/h8-10H,2-7H2,1H3,(H,18,19)(H,14,15,16). The van der Waals surface area contributed by atoms with Crippen LogP contribution >= 0.6 is 0 Å². The SMILES string of the molecule is CC(CNc1ncncc1C(=O)O)N1CCCCC1. The van der Waals surface area contributed by atoms with Gasteiger partial charge in [-0.2, -0.15) is 0 Å². The van der Waals surface area contributed by atoms with Gasteiger partial charge >= 0.3 is 5.97 Å². The van der Waals surface area contributed by atoms with Gasteiger partial charge in [-0.05, 0) is 32.9 Å². The van der Waals surface area contributed by atoms with E-state index in [0.717, 1.165) is 13.1 Å². The summed E-state index contributed by atoms with van der Waals surface area (Å²) in [5, 5.41) is 12.2. The van der Waals surface area contributed by atoms with Crippen molar-refractivity contribution in [2.24, 2.45) is 0 Å². The van der Waals surface area contributed by atoms with Crippen molar-refractivity contribution in [3.63, 3.8) is 0 Å². The molecule has 1 aliphatic rings. The van der Waals surface area contributed by atoms with Gasteiger partial charge in [0.05, 0.1) is 0 Å². The van der Waals surface area contributed by atoms with Crippen molar-refractivity contribution in [1.82, 2.24) is 14.9 Å². The Kier molecular flexibility index (Phi) is 4.68. The molecule has 2 N–H and O–H groups in total. The molecule has 1 saturated heterocycles. The molecule has 1 atom stereocenters. The lowest BCUT2D eigenvalue weighted by Gasteiger charge is -2.32. The molecule has 6 heteroatoms. The Bertz CT molecular complexity index is 432. The van der Waals surface area contributed by atoms with Crippen molar-refractivity contribution in [3.05, 3.63) is 18.1 Å². The molecule has 1 fully saturated rings. The molecule has 0 amide bonds. The van der Waals surface area contributed by atoms with Crippen LogP contribution in [0.25, 0.3) is 0 Å². The van der Waals surface area contributed by atoms with Gasteiger partial charge in [0.2, 0.25) is 0 Å². The van der Waals surface area contributed by atoms with Crippen LogP contribution in [-0.4, -0.2) is 51.6 Å². The second-order valence-electron chi connectivity index (χ2n) is 4.92. The molecule has 1 aromatic heterocycles. The highest BCUT2D eigenvalue weighted by Gasteiger charge is 2.17. The van der Waals surface area contributed by atoms with Gasteiger partial charge in [0.25, 0.3) is 0 Å². The van der Waals surface area contributed by atoms with Crippen molar-refractivity contribution in [3.8, 4) is 0 Å². The number of carboxylic acid groups (broad SMARTS) is 1. The van der Waals surface area contributed by atoms with Gasteiger partial charge in [-0.1, -0.05) is 6.42 Å². The van der Waals surface area contributed by atoms with E-state index in [2.05, 4.69) is 27.1 Å². The van der Waals surface area contributed by atoms with E-state index in [0.29, 0.717) is 18.4 Å². The molecule has 6 nitrogen and oxygen atoms in total. The summed E-state index contributed by atoms with van der Waals surface area (Å²) in [6.45, 7) is 5.09. The first-order valence-electron chi connectivity index (χ1n) is 6.69. The maximum absolute atomic E-state index is 11.0. The highest BCUT2D eigenvalue weighted by atomic mass is 16.4. The molecule has 19 heavy (non-hydrogen) atoms. The van der Waals surface area contributed by atoms with E-state index in [1.165, 1.54) is 31.8 Å². The number of aromatic carboxylic acids is 1. The smallest absolute Gasteiger partial charge is 0.341 e. The monoisotopic (exact) mass is 264 g/mol. The number of nitrogens with one attached hydrogen (secondary N) is 1. The number of rotatable bonds is 5. The van der Waals surface area contributed by atoms with Gasteiger partial charge in [-0.25, -0.2) is 14.8 Å². The highest BCUT2D eigenvalue weighted by molar-refractivity contribution is 5.92. The first-order valence-corrected chi connectivity index (χ1v) is 6.69. The van der Waals surface area contributed by atoms with E-state index in [-0.39, 0.29) is 5.56 Å². The third kappa shape index (κ3) is 3.64. The van der Waals surface area contributed by atoms with Gasteiger partial charge in [-0.3, -0.25) is 4.90 Å². The number of carbonyl (C=O) groups is 1. The van der Waals surface area contributed by atoms with E-state index >= 15 is 0 Å². The summed E-state index contributed by atoms with van der Waals surface area (Å²) in [6, 6.07) is 0.372. The topological polar surface area (TPSA) is 78.3 Å². The Morgan fingerprint density at radius 2 is 2.21 bits per heavy atom. The van der Waals surface area contributed by atoms with Crippen LogP contribution in [0.2, 0.25) is 0 Å². The number of hydrogen-bond donors (Lipinski definition) is 2. The zero-order chi connectivity index (χ0) is 13.7. The average Bonchev–Trinajstić information content (AvgIpc) is 2.46. The van der Waals surface area contributed by atoms with E-state index in [9.17, 15) is 4.79 Å². The molecular weight excluding hydrogens is 244 g/mol. The summed E-state index contributed by atoms with van der Waals surface area (Å²) in [6.07, 6.45) is 6.49. The molecule has 0 spiro atoms. The number of hydrogen-bond acceptors (Lipinski definition) is 5. The van der Waals surface area contributed by atoms with Crippen LogP contribution in [0.5, 0.6) is 0 Å². The number of likely N-dealkylation sites (tertiary alicyclic amines) is 1. The Hall–Kier alpha value is -1.69. The fourth-order valence-corrected chi connectivity index (χ4v) is 2.36. The number of nitrogens with zero attached hydrogens (tertiary/aromatic N) is 3. The molecule has 0 aromatic carbocycles. The zero-order valence-corrected chi connectivity index (χ0v) is 11.2. The van der Waals surface area contributed by atoms with Crippen LogP contribution < -0.4 is 5.32 Å². The third-order valence-electron chi connectivity index (χ3n) is 3.52. The van der Waals surface area contributed by atoms with Crippen LogP contribution in [0.15, 0.2) is 12.5 Å². The summed E-state index contributed by atoms with van der Waals surface area (Å²) < 4.78 is 0. The fraction of sp³-hybridized carbons (Fsp3) is 0.615. The van der Waals surface area contributed by atoms with Crippen molar-refractivity contribution in [2.75, 3.05) is 25.0 Å². The van der Waals surface area contributed by atoms with Gasteiger partial charge in [0.1, 0.15) is 17.7 Å². The molecule has 0 radical (unpaired) electrons. The number of anilines is 1. The molecule has 0 aliphatic carbocycles. The lowest BCUT2D eigenvalue weighted by atomic mass is 10.1. The Morgan fingerprint density at radius 3 is 2.89 bits per heavy atom. The zero-order valence-electron chi connectivity index (χ0n) is 11.2. The minimum atomic E-state index is -1.01. The average molecular weight is 264 g/mol. The maximum Gasteiger partial charge on any atom is 0.341 e. The van der Waals surface area contributed by atoms with E-state index in [4.69, 9.17) is 5.11 Å². The number of carboxylic acids is 1. The summed E-state index contributed by atoms with van der Waals surface area (Å²) in [5.74, 6) is -0.611. The van der Waals surface area contributed by atoms with Gasteiger partial charge in [0.15, 0.2) is 0 Å². The van der Waals surface area contributed by atoms with Crippen molar-refractivity contribution >= 4 is 11.8 Å². The molecule has 1 aliphatic heterocycles. The normalized spacial score (nSPS) is 17.9. The first kappa shape index (κ1) is 13.7. The molecule has 1 unspecified atom stereocenters. The number of piperidine rings is 1. The second kappa shape index (κ2) is 6.47. The largest absolute Gasteiger partial charge is 0.477 e. The predicted octanol–water partition coefficient (Wildman–Crippen LogP) is 1.46. The molecular formula is C13H20N4O2. The molecule has 0 bridgehead atoms. The first-order chi connectivity index (χ1) is 9.18. The van der Waals surface area contributed by atoms with Crippen LogP contribution in [0, 0.1) is 0 Å². The van der Waals surface area contributed by atoms with E-state index in [1.54, 1.807) is 0 Å². The van der Waals surface area contributed by atoms with E-state index < -0.39 is 5.97 Å². The highest BCUT2D eigenvalue weighted by Crippen LogP contribution is 2.14. The quantitative estimate of drug-likeness (QED) is 0.838. The Labute approximate surface area is 112 Å². The van der Waals surface area contributed by atoms with Crippen molar-refractivity contribution in [1.29, 1.82) is 0 Å². The van der Waals surface area contributed by atoms with Gasteiger partial charge < -0.3 is 10.4 Å². The lowest BCUT2D eigenvalue weighted by molar-refractivity contribution is 0.0697. The summed E-state index contributed by atoms with van der Waals surface area (Å²) in [7, 11) is 0. The van der Waals surface area contributed by atoms with Crippen LogP contribution in [0.4, 0.5) is 5.82 Å².